The van der Waals surface area contributed by atoms with Crippen molar-refractivity contribution in [2.24, 2.45) is 5.92 Å². The van der Waals surface area contributed by atoms with Gasteiger partial charge in [0, 0.05) is 36.6 Å². The maximum absolute atomic E-state index is 12.6. The SMILES string of the molecule is CN1[C@H](CN2CCCC2)C[C@@H]2CN(C(=O)Cc3cccs3)CC[C@@H]21. The number of carbonyl (C=O) groups is 1. The Kier molecular flexibility index (Phi) is 4.93. The number of likely N-dealkylation sites (N-methyl/N-ethyl adjacent to an activating group) is 1. The highest BCUT2D eigenvalue weighted by Crippen LogP contribution is 2.35. The Balaban J connectivity index is 1.33. The monoisotopic (exact) mass is 347 g/mol. The first kappa shape index (κ1) is 16.6. The Morgan fingerprint density at radius 1 is 1.29 bits per heavy atom. The molecule has 24 heavy (non-hydrogen) atoms. The molecular formula is C19H29N3OS. The van der Waals surface area contributed by atoms with Gasteiger partial charge in [0.25, 0.3) is 0 Å². The summed E-state index contributed by atoms with van der Waals surface area (Å²) in [4.78, 5) is 21.2. The highest BCUT2D eigenvalue weighted by molar-refractivity contribution is 7.10. The Bertz CT molecular complexity index is 555. The van der Waals surface area contributed by atoms with Crippen LogP contribution in [0.4, 0.5) is 0 Å². The normalized spacial score (nSPS) is 31.5. The lowest BCUT2D eigenvalue weighted by Crippen LogP contribution is -2.48. The van der Waals surface area contributed by atoms with Crippen molar-refractivity contribution in [3.63, 3.8) is 0 Å². The van der Waals surface area contributed by atoms with Gasteiger partial charge in [-0.1, -0.05) is 6.07 Å². The lowest BCUT2D eigenvalue weighted by molar-refractivity contribution is -0.132. The Labute approximate surface area is 149 Å². The molecule has 0 unspecified atom stereocenters. The van der Waals surface area contributed by atoms with Crippen LogP contribution >= 0.6 is 11.3 Å². The molecule has 1 aromatic heterocycles. The molecule has 4 nitrogen and oxygen atoms in total. The molecule has 132 valence electrons. The predicted octanol–water partition coefficient (Wildman–Crippen LogP) is 2.31. The van der Waals surface area contributed by atoms with Crippen LogP contribution < -0.4 is 0 Å². The van der Waals surface area contributed by atoms with Crippen LogP contribution in [-0.4, -0.2) is 72.5 Å². The second-order valence-corrected chi connectivity index (χ2v) is 8.81. The van der Waals surface area contributed by atoms with Gasteiger partial charge >= 0.3 is 0 Å². The molecular weight excluding hydrogens is 318 g/mol. The molecule has 0 radical (unpaired) electrons. The summed E-state index contributed by atoms with van der Waals surface area (Å²) in [5, 5.41) is 2.06. The molecule has 1 aromatic rings. The van der Waals surface area contributed by atoms with Crippen molar-refractivity contribution in [1.82, 2.24) is 14.7 Å². The molecule has 0 aromatic carbocycles. The van der Waals surface area contributed by atoms with E-state index in [9.17, 15) is 4.79 Å². The van der Waals surface area contributed by atoms with Crippen molar-refractivity contribution in [2.75, 3.05) is 39.8 Å². The summed E-state index contributed by atoms with van der Waals surface area (Å²) in [6, 6.07) is 5.48. The van der Waals surface area contributed by atoms with Crippen molar-refractivity contribution in [3.05, 3.63) is 22.4 Å². The first-order valence-electron chi connectivity index (χ1n) is 9.45. The number of rotatable bonds is 4. The molecule has 1 amide bonds. The van der Waals surface area contributed by atoms with Crippen molar-refractivity contribution in [3.8, 4) is 0 Å². The summed E-state index contributed by atoms with van der Waals surface area (Å²) in [6.07, 6.45) is 5.74. The smallest absolute Gasteiger partial charge is 0.227 e. The van der Waals surface area contributed by atoms with Gasteiger partial charge in [0.15, 0.2) is 0 Å². The largest absolute Gasteiger partial charge is 0.342 e. The summed E-state index contributed by atoms with van der Waals surface area (Å²) < 4.78 is 0. The summed E-state index contributed by atoms with van der Waals surface area (Å²) >= 11 is 1.69. The average Bonchev–Trinajstić information content (AvgIpc) is 3.31. The zero-order chi connectivity index (χ0) is 16.5. The first-order chi connectivity index (χ1) is 11.7. The fourth-order valence-corrected chi connectivity index (χ4v) is 5.64. The van der Waals surface area contributed by atoms with Gasteiger partial charge in [-0.05, 0) is 63.2 Å². The van der Waals surface area contributed by atoms with E-state index in [1.807, 2.05) is 6.07 Å². The number of amides is 1. The number of likely N-dealkylation sites (tertiary alicyclic amines) is 3. The van der Waals surface area contributed by atoms with Crippen LogP contribution in [0.1, 0.15) is 30.6 Å². The van der Waals surface area contributed by atoms with E-state index in [1.165, 1.54) is 43.8 Å². The van der Waals surface area contributed by atoms with Gasteiger partial charge < -0.3 is 9.80 Å². The van der Waals surface area contributed by atoms with Crippen LogP contribution in [0.25, 0.3) is 0 Å². The second-order valence-electron chi connectivity index (χ2n) is 7.77. The van der Waals surface area contributed by atoms with Crippen LogP contribution in [0.3, 0.4) is 0 Å². The van der Waals surface area contributed by atoms with Crippen LogP contribution in [0.15, 0.2) is 17.5 Å². The van der Waals surface area contributed by atoms with E-state index in [0.717, 1.165) is 19.5 Å². The molecule has 3 fully saturated rings. The van der Waals surface area contributed by atoms with Crippen LogP contribution in [0, 0.1) is 5.92 Å². The van der Waals surface area contributed by atoms with Gasteiger partial charge in [-0.2, -0.15) is 0 Å². The van der Waals surface area contributed by atoms with E-state index in [1.54, 1.807) is 11.3 Å². The first-order valence-corrected chi connectivity index (χ1v) is 10.3. The Morgan fingerprint density at radius 2 is 2.12 bits per heavy atom. The summed E-state index contributed by atoms with van der Waals surface area (Å²) in [6.45, 7) is 5.70. The van der Waals surface area contributed by atoms with Crippen LogP contribution in [0.2, 0.25) is 0 Å². The highest BCUT2D eigenvalue weighted by atomic mass is 32.1. The van der Waals surface area contributed by atoms with Crippen molar-refractivity contribution < 1.29 is 4.79 Å². The number of carbonyl (C=O) groups excluding carboxylic acids is 1. The zero-order valence-corrected chi connectivity index (χ0v) is 15.5. The summed E-state index contributed by atoms with van der Waals surface area (Å²) in [7, 11) is 2.31. The number of fused-ring (bicyclic) bond motifs is 1. The third-order valence-electron chi connectivity index (χ3n) is 6.29. The van der Waals surface area contributed by atoms with Gasteiger partial charge in [-0.15, -0.1) is 11.3 Å². The van der Waals surface area contributed by atoms with E-state index in [-0.39, 0.29) is 0 Å². The van der Waals surface area contributed by atoms with Crippen molar-refractivity contribution in [1.29, 1.82) is 0 Å². The zero-order valence-electron chi connectivity index (χ0n) is 14.7. The molecule has 3 aliphatic rings. The van der Waals surface area contributed by atoms with Gasteiger partial charge in [0.05, 0.1) is 6.42 Å². The lowest BCUT2D eigenvalue weighted by atomic mass is 9.92. The van der Waals surface area contributed by atoms with Gasteiger partial charge in [0.1, 0.15) is 0 Å². The molecule has 3 aliphatic heterocycles. The van der Waals surface area contributed by atoms with Crippen molar-refractivity contribution in [2.45, 2.75) is 44.2 Å². The molecule has 5 heteroatoms. The molecule has 4 rings (SSSR count). The van der Waals surface area contributed by atoms with Crippen LogP contribution in [0.5, 0.6) is 0 Å². The maximum atomic E-state index is 12.6. The topological polar surface area (TPSA) is 26.8 Å². The number of nitrogens with zero attached hydrogens (tertiary/aromatic N) is 3. The number of piperidine rings is 1. The minimum Gasteiger partial charge on any atom is -0.342 e. The molecule has 3 atom stereocenters. The van der Waals surface area contributed by atoms with Gasteiger partial charge in [-0.3, -0.25) is 9.69 Å². The van der Waals surface area contributed by atoms with E-state index in [2.05, 4.69) is 33.2 Å². The van der Waals surface area contributed by atoms with E-state index in [0.29, 0.717) is 30.3 Å². The van der Waals surface area contributed by atoms with E-state index >= 15 is 0 Å². The molecule has 0 spiro atoms. The number of hydrogen-bond donors (Lipinski definition) is 0. The Morgan fingerprint density at radius 3 is 2.88 bits per heavy atom. The molecule has 0 aliphatic carbocycles. The fraction of sp³-hybridized carbons (Fsp3) is 0.737. The second kappa shape index (κ2) is 7.14. The lowest BCUT2D eigenvalue weighted by Gasteiger charge is -2.37. The Hall–Kier alpha value is -0.910. The summed E-state index contributed by atoms with van der Waals surface area (Å²) in [5.74, 6) is 0.991. The van der Waals surface area contributed by atoms with Gasteiger partial charge in [-0.25, -0.2) is 0 Å². The fourth-order valence-electron chi connectivity index (χ4n) is 4.94. The number of thiophene rings is 1. The molecule has 0 bridgehead atoms. The third kappa shape index (κ3) is 3.39. The number of hydrogen-bond acceptors (Lipinski definition) is 4. The predicted molar refractivity (Wildman–Crippen MR) is 98.3 cm³/mol. The molecule has 0 saturated carbocycles. The average molecular weight is 348 g/mol. The highest BCUT2D eigenvalue weighted by Gasteiger charge is 2.43. The minimum absolute atomic E-state index is 0.321. The van der Waals surface area contributed by atoms with Crippen molar-refractivity contribution >= 4 is 17.2 Å². The molecule has 0 N–H and O–H groups in total. The quantitative estimate of drug-likeness (QED) is 0.836. The van der Waals surface area contributed by atoms with E-state index in [4.69, 9.17) is 0 Å². The molecule has 3 saturated heterocycles. The molecule has 4 heterocycles. The third-order valence-corrected chi connectivity index (χ3v) is 7.17. The summed E-state index contributed by atoms with van der Waals surface area (Å²) in [5.41, 5.74) is 0. The van der Waals surface area contributed by atoms with E-state index < -0.39 is 0 Å². The maximum Gasteiger partial charge on any atom is 0.227 e. The van der Waals surface area contributed by atoms with Crippen LogP contribution in [-0.2, 0) is 11.2 Å². The van der Waals surface area contributed by atoms with Gasteiger partial charge in [0.2, 0.25) is 5.91 Å². The standard InChI is InChI=1S/C19H29N3OS/c1-20-16(14-21-7-2-3-8-21)11-15-13-22(9-6-18(15)20)19(23)12-17-5-4-10-24-17/h4-5,10,15-16,18H,2-3,6-9,11-14H2,1H3/t15-,16+,18+/m1/s1. The minimum atomic E-state index is 0.321.